The molecule has 7 nitrogen and oxygen atoms in total. The number of H-pyrrole nitrogens is 1. The normalized spacial score (nSPS) is 18.3. The average Bonchev–Trinajstić information content (AvgIpc) is 3.23. The summed E-state index contributed by atoms with van der Waals surface area (Å²) in [5.74, 6) is 0.00613. The Hall–Kier alpha value is -3.19. The van der Waals surface area contributed by atoms with Gasteiger partial charge < -0.3 is 10.2 Å². The van der Waals surface area contributed by atoms with Gasteiger partial charge in [-0.05, 0) is 24.5 Å². The van der Waals surface area contributed by atoms with E-state index in [1.165, 1.54) is 12.0 Å². The highest BCUT2D eigenvalue weighted by atomic mass is 16.2. The second-order valence-electron chi connectivity index (χ2n) is 8.96. The van der Waals surface area contributed by atoms with E-state index in [4.69, 9.17) is 0 Å². The smallest absolute Gasteiger partial charge is 0.275 e. The molecule has 1 aromatic heterocycles. The summed E-state index contributed by atoms with van der Waals surface area (Å²) in [7, 11) is 0. The molecule has 7 heteroatoms. The number of nitrogens with zero attached hydrogens (tertiary/aromatic N) is 3. The van der Waals surface area contributed by atoms with E-state index < -0.39 is 0 Å². The molecule has 2 amide bonds. The van der Waals surface area contributed by atoms with Crippen LogP contribution >= 0.6 is 0 Å². The highest BCUT2D eigenvalue weighted by Crippen LogP contribution is 2.43. The van der Waals surface area contributed by atoms with Gasteiger partial charge in [0.05, 0.1) is 12.1 Å². The number of carbonyl (C=O) groups excluding carboxylic acids is 2. The number of rotatable bonds is 6. The molecule has 0 bridgehead atoms. The number of para-hydroxylation sites is 1. The number of aromatic nitrogens is 2. The third-order valence-electron chi connectivity index (χ3n) is 7.02. The first-order valence-electron chi connectivity index (χ1n) is 11.4. The summed E-state index contributed by atoms with van der Waals surface area (Å²) in [5, 5.41) is 11.2. The number of benzene rings is 2. The zero-order chi connectivity index (χ0) is 22.0. The highest BCUT2D eigenvalue weighted by Gasteiger charge is 2.38. The lowest BCUT2D eigenvalue weighted by Gasteiger charge is -2.43. The molecular weight excluding hydrogens is 402 g/mol. The number of hydrogen-bond donors (Lipinski definition) is 2. The lowest BCUT2D eigenvalue weighted by Crippen LogP contribution is -2.52. The van der Waals surface area contributed by atoms with Gasteiger partial charge >= 0.3 is 0 Å². The molecule has 1 saturated heterocycles. The van der Waals surface area contributed by atoms with Crippen LogP contribution in [0.3, 0.4) is 0 Å². The molecule has 0 radical (unpaired) electrons. The van der Waals surface area contributed by atoms with Gasteiger partial charge in [-0.2, -0.15) is 5.10 Å². The summed E-state index contributed by atoms with van der Waals surface area (Å²) in [4.78, 5) is 29.5. The van der Waals surface area contributed by atoms with Crippen LogP contribution < -0.4 is 5.32 Å². The third kappa shape index (κ3) is 4.00. The van der Waals surface area contributed by atoms with E-state index in [1.807, 2.05) is 35.2 Å². The van der Waals surface area contributed by atoms with Crippen LogP contribution in [-0.2, 0) is 10.2 Å². The van der Waals surface area contributed by atoms with Crippen LogP contribution in [0.15, 0.2) is 54.6 Å². The Balaban J connectivity index is 1.12. The fourth-order valence-electron chi connectivity index (χ4n) is 4.87. The van der Waals surface area contributed by atoms with Crippen molar-refractivity contribution < 1.29 is 9.59 Å². The summed E-state index contributed by atoms with van der Waals surface area (Å²) in [6.07, 6.45) is 3.46. The number of fused-ring (bicyclic) bond motifs is 1. The number of aromatic amines is 1. The van der Waals surface area contributed by atoms with Gasteiger partial charge in [-0.1, -0.05) is 55.0 Å². The highest BCUT2D eigenvalue weighted by molar-refractivity contribution is 6.04. The van der Waals surface area contributed by atoms with Gasteiger partial charge in [-0.3, -0.25) is 19.6 Å². The first-order chi connectivity index (χ1) is 15.6. The first kappa shape index (κ1) is 20.7. The van der Waals surface area contributed by atoms with Gasteiger partial charge in [0.1, 0.15) is 0 Å². The van der Waals surface area contributed by atoms with Crippen LogP contribution in [0.5, 0.6) is 0 Å². The Morgan fingerprint density at radius 3 is 2.41 bits per heavy atom. The minimum absolute atomic E-state index is 0.0543. The predicted molar refractivity (Wildman–Crippen MR) is 123 cm³/mol. The number of piperazine rings is 1. The molecule has 0 atom stereocenters. The van der Waals surface area contributed by atoms with Crippen LogP contribution in [0.25, 0.3) is 10.9 Å². The molecular formula is C25H29N5O2. The second kappa shape index (κ2) is 8.74. The summed E-state index contributed by atoms with van der Waals surface area (Å²) >= 11 is 0. The Bertz CT molecular complexity index is 1100. The average molecular weight is 432 g/mol. The fourth-order valence-corrected chi connectivity index (χ4v) is 4.87. The molecule has 0 spiro atoms. The zero-order valence-corrected chi connectivity index (χ0v) is 18.2. The molecule has 2 heterocycles. The van der Waals surface area contributed by atoms with Gasteiger partial charge in [-0.15, -0.1) is 0 Å². The third-order valence-corrected chi connectivity index (χ3v) is 7.02. The Morgan fingerprint density at radius 1 is 0.969 bits per heavy atom. The molecule has 1 saturated carbocycles. The standard InChI is InChI=1S/C25H29N5O2/c31-22(26-18-25(11-6-12-25)19-7-2-1-3-8-19)17-29-13-15-30(16-14-29)24(32)23-20-9-4-5-10-21(20)27-28-23/h1-5,7-10H,6,11-18H2,(H,26,31)(H,27,28). The molecule has 2 N–H and O–H groups in total. The molecule has 1 aliphatic carbocycles. The summed E-state index contributed by atoms with van der Waals surface area (Å²) < 4.78 is 0. The molecule has 2 aliphatic rings. The Labute approximate surface area is 187 Å². The molecule has 0 unspecified atom stereocenters. The summed E-state index contributed by atoms with van der Waals surface area (Å²) in [6, 6.07) is 18.2. The number of hydrogen-bond acceptors (Lipinski definition) is 4. The van der Waals surface area contributed by atoms with E-state index in [-0.39, 0.29) is 17.2 Å². The van der Waals surface area contributed by atoms with E-state index in [0.717, 1.165) is 23.7 Å². The molecule has 5 rings (SSSR count). The second-order valence-corrected chi connectivity index (χ2v) is 8.96. The molecule has 2 aromatic carbocycles. The fraction of sp³-hybridized carbons (Fsp3) is 0.400. The number of carbonyl (C=O) groups is 2. The molecule has 2 fully saturated rings. The zero-order valence-electron chi connectivity index (χ0n) is 18.2. The molecule has 166 valence electrons. The Kier molecular flexibility index (Phi) is 5.66. The largest absolute Gasteiger partial charge is 0.354 e. The maximum atomic E-state index is 12.9. The summed E-state index contributed by atoms with van der Waals surface area (Å²) in [6.45, 7) is 3.64. The lowest BCUT2D eigenvalue weighted by atomic mass is 9.64. The minimum atomic E-state index is -0.0543. The first-order valence-corrected chi connectivity index (χ1v) is 11.4. The van der Waals surface area contributed by atoms with Gasteiger partial charge in [0.25, 0.3) is 5.91 Å². The Morgan fingerprint density at radius 2 is 1.69 bits per heavy atom. The predicted octanol–water partition coefficient (Wildman–Crippen LogP) is 2.56. The van der Waals surface area contributed by atoms with Crippen molar-refractivity contribution in [1.82, 2.24) is 25.3 Å². The molecule has 1 aliphatic heterocycles. The van der Waals surface area contributed by atoms with Crippen molar-refractivity contribution in [1.29, 1.82) is 0 Å². The van der Waals surface area contributed by atoms with E-state index in [9.17, 15) is 9.59 Å². The minimum Gasteiger partial charge on any atom is -0.354 e. The van der Waals surface area contributed by atoms with E-state index in [1.54, 1.807) is 0 Å². The van der Waals surface area contributed by atoms with E-state index >= 15 is 0 Å². The maximum absolute atomic E-state index is 12.9. The van der Waals surface area contributed by atoms with Crippen LogP contribution in [0.1, 0.15) is 35.3 Å². The van der Waals surface area contributed by atoms with Crippen molar-refractivity contribution in [3.05, 3.63) is 65.9 Å². The van der Waals surface area contributed by atoms with Crippen LogP contribution in [0, 0.1) is 0 Å². The van der Waals surface area contributed by atoms with Crippen molar-refractivity contribution >= 4 is 22.7 Å². The SMILES string of the molecule is O=C(CN1CCN(C(=O)c2n[nH]c3ccccc23)CC1)NCC1(c2ccccc2)CCC1. The number of nitrogens with one attached hydrogen (secondary N) is 2. The number of amides is 2. The van der Waals surface area contributed by atoms with Crippen molar-refractivity contribution in [2.24, 2.45) is 0 Å². The van der Waals surface area contributed by atoms with Gasteiger partial charge in [0.2, 0.25) is 5.91 Å². The van der Waals surface area contributed by atoms with Gasteiger partial charge in [-0.25, -0.2) is 0 Å². The van der Waals surface area contributed by atoms with Crippen molar-refractivity contribution in [3.8, 4) is 0 Å². The van der Waals surface area contributed by atoms with E-state index in [2.05, 4.69) is 44.7 Å². The van der Waals surface area contributed by atoms with E-state index in [0.29, 0.717) is 45.0 Å². The van der Waals surface area contributed by atoms with Gasteiger partial charge in [0.15, 0.2) is 5.69 Å². The molecule has 3 aromatic rings. The van der Waals surface area contributed by atoms with Crippen molar-refractivity contribution in [3.63, 3.8) is 0 Å². The van der Waals surface area contributed by atoms with Crippen molar-refractivity contribution in [2.75, 3.05) is 39.3 Å². The van der Waals surface area contributed by atoms with Crippen LogP contribution in [0.2, 0.25) is 0 Å². The summed E-state index contributed by atoms with van der Waals surface area (Å²) in [5.41, 5.74) is 2.75. The maximum Gasteiger partial charge on any atom is 0.275 e. The molecule has 32 heavy (non-hydrogen) atoms. The van der Waals surface area contributed by atoms with Crippen LogP contribution in [-0.4, -0.2) is 71.1 Å². The lowest BCUT2D eigenvalue weighted by molar-refractivity contribution is -0.123. The monoisotopic (exact) mass is 431 g/mol. The van der Waals surface area contributed by atoms with Gasteiger partial charge in [0, 0.05) is 43.5 Å². The van der Waals surface area contributed by atoms with Crippen LogP contribution in [0.4, 0.5) is 0 Å². The quantitative estimate of drug-likeness (QED) is 0.629. The van der Waals surface area contributed by atoms with Crippen molar-refractivity contribution in [2.45, 2.75) is 24.7 Å². The topological polar surface area (TPSA) is 81.3 Å².